The van der Waals surface area contributed by atoms with Crippen molar-refractivity contribution in [1.29, 1.82) is 0 Å². The van der Waals surface area contributed by atoms with E-state index >= 15 is 0 Å². The first-order valence-corrected chi connectivity index (χ1v) is 8.41. The fourth-order valence-electron chi connectivity index (χ4n) is 3.21. The van der Waals surface area contributed by atoms with Crippen molar-refractivity contribution in [3.05, 3.63) is 85.3 Å². The van der Waals surface area contributed by atoms with E-state index in [9.17, 15) is 0 Å². The van der Waals surface area contributed by atoms with Crippen LogP contribution < -0.4 is 0 Å². The molecule has 4 heteroatoms. The molecule has 0 atom stereocenters. The molecule has 3 aromatic heterocycles. The van der Waals surface area contributed by atoms with Gasteiger partial charge in [0.25, 0.3) is 0 Å². The summed E-state index contributed by atoms with van der Waals surface area (Å²) in [4.78, 5) is 18.5. The van der Waals surface area contributed by atoms with E-state index in [0.717, 1.165) is 38.6 Å². The normalized spacial score (nSPS) is 11.1. The Hall–Kier alpha value is -3.66. The van der Waals surface area contributed by atoms with Gasteiger partial charge < -0.3 is 0 Å². The summed E-state index contributed by atoms with van der Waals surface area (Å²) in [7, 11) is 0. The van der Waals surface area contributed by atoms with E-state index in [4.69, 9.17) is 9.97 Å². The lowest BCUT2D eigenvalue weighted by molar-refractivity contribution is 1.17. The van der Waals surface area contributed by atoms with Crippen molar-refractivity contribution in [1.82, 2.24) is 19.9 Å². The van der Waals surface area contributed by atoms with Gasteiger partial charge in [0.05, 0.1) is 16.8 Å². The molecule has 0 unspecified atom stereocenters. The Morgan fingerprint density at radius 1 is 0.615 bits per heavy atom. The molecule has 2 aromatic carbocycles. The fourth-order valence-corrected chi connectivity index (χ4v) is 3.21. The predicted octanol–water partition coefficient (Wildman–Crippen LogP) is 4.91. The van der Waals surface area contributed by atoms with Crippen LogP contribution in [0.4, 0.5) is 0 Å². The Morgan fingerprint density at radius 3 is 2.27 bits per heavy atom. The van der Waals surface area contributed by atoms with E-state index in [1.165, 1.54) is 0 Å². The third-order valence-corrected chi connectivity index (χ3v) is 4.43. The zero-order valence-corrected chi connectivity index (χ0v) is 13.9. The lowest BCUT2D eigenvalue weighted by Gasteiger charge is -2.11. The van der Waals surface area contributed by atoms with Crippen molar-refractivity contribution in [3.63, 3.8) is 0 Å². The molecule has 5 aromatic rings. The van der Waals surface area contributed by atoms with Gasteiger partial charge in [0.1, 0.15) is 5.69 Å². The predicted molar refractivity (Wildman–Crippen MR) is 104 cm³/mol. The number of nitrogens with zero attached hydrogens (tertiary/aromatic N) is 4. The molecule has 0 fully saturated rings. The summed E-state index contributed by atoms with van der Waals surface area (Å²) >= 11 is 0. The van der Waals surface area contributed by atoms with Gasteiger partial charge in [-0.2, -0.15) is 0 Å². The molecule has 0 amide bonds. The monoisotopic (exact) mass is 334 g/mol. The molecule has 122 valence electrons. The largest absolute Gasteiger partial charge is 0.253 e. The van der Waals surface area contributed by atoms with Gasteiger partial charge in [-0.25, -0.2) is 15.0 Å². The topological polar surface area (TPSA) is 51.6 Å². The Kier molecular flexibility index (Phi) is 3.39. The second kappa shape index (κ2) is 6.01. The van der Waals surface area contributed by atoms with E-state index in [-0.39, 0.29) is 0 Å². The molecule has 0 N–H and O–H groups in total. The molecule has 0 aliphatic carbocycles. The average molecular weight is 334 g/mol. The fraction of sp³-hybridized carbons (Fsp3) is 0. The summed E-state index contributed by atoms with van der Waals surface area (Å²) in [5.41, 5.74) is 3.46. The lowest BCUT2D eigenvalue weighted by Crippen LogP contribution is -1.97. The van der Waals surface area contributed by atoms with Gasteiger partial charge in [0, 0.05) is 29.4 Å². The quantitative estimate of drug-likeness (QED) is 0.460. The van der Waals surface area contributed by atoms with E-state index in [0.29, 0.717) is 5.82 Å². The van der Waals surface area contributed by atoms with E-state index < -0.39 is 0 Å². The number of hydrogen-bond donors (Lipinski definition) is 0. The third kappa shape index (κ3) is 2.40. The second-order valence-electron chi connectivity index (χ2n) is 6.03. The van der Waals surface area contributed by atoms with Gasteiger partial charge in [-0.1, -0.05) is 48.5 Å². The smallest absolute Gasteiger partial charge is 0.162 e. The summed E-state index contributed by atoms with van der Waals surface area (Å²) in [5.74, 6) is 0.654. The second-order valence-corrected chi connectivity index (χ2v) is 6.03. The zero-order chi connectivity index (χ0) is 17.3. The Morgan fingerprint density at radius 2 is 1.38 bits per heavy atom. The van der Waals surface area contributed by atoms with Crippen LogP contribution in [0, 0.1) is 0 Å². The highest BCUT2D eigenvalue weighted by Gasteiger charge is 2.16. The van der Waals surface area contributed by atoms with E-state index in [1.54, 1.807) is 12.4 Å². The highest BCUT2D eigenvalue weighted by Crippen LogP contribution is 2.34. The lowest BCUT2D eigenvalue weighted by atomic mass is 10.0. The molecule has 0 saturated heterocycles. The molecule has 0 spiro atoms. The number of fused-ring (bicyclic) bond motifs is 2. The number of aromatic nitrogens is 4. The number of para-hydroxylation sites is 1. The summed E-state index contributed by atoms with van der Waals surface area (Å²) < 4.78 is 0. The van der Waals surface area contributed by atoms with Gasteiger partial charge >= 0.3 is 0 Å². The molecule has 3 heterocycles. The van der Waals surface area contributed by atoms with Crippen molar-refractivity contribution in [2.75, 3.05) is 0 Å². The van der Waals surface area contributed by atoms with Crippen LogP contribution in [0.3, 0.4) is 0 Å². The van der Waals surface area contributed by atoms with Crippen LogP contribution in [0.2, 0.25) is 0 Å². The molecule has 0 saturated carbocycles. The average Bonchev–Trinajstić information content (AvgIpc) is 2.73. The summed E-state index contributed by atoms with van der Waals surface area (Å²) in [6.45, 7) is 0. The molecular weight excluding hydrogens is 320 g/mol. The Balaban J connectivity index is 1.84. The minimum atomic E-state index is 0.654. The number of hydrogen-bond acceptors (Lipinski definition) is 4. The first kappa shape index (κ1) is 14.7. The highest BCUT2D eigenvalue weighted by molar-refractivity contribution is 6.00. The standard InChI is InChI=1S/C22H14N4/c1-3-8-17-16(7-1)14-25-21(20(17)22-23-12-5-13-24-22)19-11-10-15-6-2-4-9-18(15)26-19/h1-14H. The van der Waals surface area contributed by atoms with Gasteiger partial charge in [0.2, 0.25) is 0 Å². The molecular formula is C22H14N4. The molecule has 0 bridgehead atoms. The molecule has 5 rings (SSSR count). The van der Waals surface area contributed by atoms with Crippen LogP contribution in [0.1, 0.15) is 0 Å². The molecule has 4 nitrogen and oxygen atoms in total. The number of rotatable bonds is 2. The van der Waals surface area contributed by atoms with Crippen LogP contribution >= 0.6 is 0 Å². The first-order chi connectivity index (χ1) is 12.9. The van der Waals surface area contributed by atoms with Gasteiger partial charge in [-0.15, -0.1) is 0 Å². The van der Waals surface area contributed by atoms with Crippen molar-refractivity contribution in [2.24, 2.45) is 0 Å². The van der Waals surface area contributed by atoms with Gasteiger partial charge in [-0.05, 0) is 23.6 Å². The van der Waals surface area contributed by atoms with Crippen LogP contribution in [0.25, 0.3) is 44.5 Å². The van der Waals surface area contributed by atoms with Crippen LogP contribution in [-0.4, -0.2) is 19.9 Å². The van der Waals surface area contributed by atoms with Crippen molar-refractivity contribution in [2.45, 2.75) is 0 Å². The van der Waals surface area contributed by atoms with Crippen LogP contribution in [0.15, 0.2) is 85.3 Å². The van der Waals surface area contributed by atoms with Crippen LogP contribution in [0.5, 0.6) is 0 Å². The number of pyridine rings is 2. The molecule has 26 heavy (non-hydrogen) atoms. The van der Waals surface area contributed by atoms with Crippen LogP contribution in [-0.2, 0) is 0 Å². The number of benzene rings is 2. The van der Waals surface area contributed by atoms with E-state index in [2.05, 4.69) is 28.2 Å². The molecule has 0 radical (unpaired) electrons. The summed E-state index contributed by atoms with van der Waals surface area (Å²) in [6, 6.07) is 22.1. The van der Waals surface area contributed by atoms with Crippen molar-refractivity contribution < 1.29 is 0 Å². The zero-order valence-electron chi connectivity index (χ0n) is 13.9. The van der Waals surface area contributed by atoms with Gasteiger partial charge in [-0.3, -0.25) is 4.98 Å². The minimum Gasteiger partial charge on any atom is -0.253 e. The third-order valence-electron chi connectivity index (χ3n) is 4.43. The molecule has 0 aliphatic rings. The summed E-state index contributed by atoms with van der Waals surface area (Å²) in [5, 5.41) is 3.23. The van der Waals surface area contributed by atoms with Gasteiger partial charge in [0.15, 0.2) is 5.82 Å². The first-order valence-electron chi connectivity index (χ1n) is 8.41. The van der Waals surface area contributed by atoms with E-state index in [1.807, 2.05) is 54.7 Å². The molecule has 0 aliphatic heterocycles. The maximum atomic E-state index is 4.82. The summed E-state index contributed by atoms with van der Waals surface area (Å²) in [6.07, 6.45) is 5.39. The maximum Gasteiger partial charge on any atom is 0.162 e. The van der Waals surface area contributed by atoms with Crippen molar-refractivity contribution in [3.8, 4) is 22.8 Å². The van der Waals surface area contributed by atoms with Crippen molar-refractivity contribution >= 4 is 21.7 Å². The minimum absolute atomic E-state index is 0.654. The highest BCUT2D eigenvalue weighted by atomic mass is 14.9. The SMILES string of the molecule is c1cnc(-c2c(-c3ccc4ccccc4n3)ncc3ccccc23)nc1. The Labute approximate surface area is 150 Å². The Bertz CT molecular complexity index is 1230. The maximum absolute atomic E-state index is 4.82.